The molecule has 0 spiro atoms. The number of fused-ring (bicyclic) bond motifs is 9. The molecule has 0 aromatic rings. The minimum absolute atomic E-state index is 0.0159. The van der Waals surface area contributed by atoms with Gasteiger partial charge in [0.1, 0.15) is 0 Å². The lowest BCUT2D eigenvalue weighted by atomic mass is 9.67. The smallest absolute Gasteiger partial charge is 0.311 e. The fourth-order valence-electron chi connectivity index (χ4n) is 6.49. The van der Waals surface area contributed by atoms with Gasteiger partial charge in [0.05, 0.1) is 18.9 Å². The molecule has 27 heavy (non-hydrogen) atoms. The van der Waals surface area contributed by atoms with Crippen molar-refractivity contribution < 1.29 is 23.8 Å². The lowest BCUT2D eigenvalue weighted by Crippen LogP contribution is -2.36. The predicted octanol–water partition coefficient (Wildman–Crippen LogP) is 4.05. The molecule has 4 rings (SSSR count). The summed E-state index contributed by atoms with van der Waals surface area (Å²) in [6.45, 7) is 6.49. The Labute approximate surface area is 163 Å². The number of hydrogen-bond acceptors (Lipinski definition) is 5. The first-order chi connectivity index (χ1) is 13.0. The molecule has 0 N–H and O–H groups in total. The van der Waals surface area contributed by atoms with Crippen LogP contribution in [-0.2, 0) is 23.8 Å². The third kappa shape index (κ3) is 4.03. The van der Waals surface area contributed by atoms with Crippen LogP contribution in [-0.4, -0.2) is 32.4 Å². The summed E-state index contributed by atoms with van der Waals surface area (Å²) < 4.78 is 14.9. The Hall–Kier alpha value is -1.10. The van der Waals surface area contributed by atoms with E-state index in [1.54, 1.807) is 0 Å². The van der Waals surface area contributed by atoms with E-state index >= 15 is 0 Å². The van der Waals surface area contributed by atoms with Crippen LogP contribution in [0, 0.1) is 47.3 Å². The van der Waals surface area contributed by atoms with Crippen LogP contribution in [0.4, 0.5) is 0 Å². The minimum atomic E-state index is -0.118. The van der Waals surface area contributed by atoms with Gasteiger partial charge in [0.25, 0.3) is 0 Å². The van der Waals surface area contributed by atoms with Gasteiger partial charge in [-0.05, 0) is 81.0 Å². The molecule has 0 aliphatic heterocycles. The molecule has 0 radical (unpaired) electrons. The first-order valence-corrected chi connectivity index (χ1v) is 10.8. The quantitative estimate of drug-likeness (QED) is 0.301. The highest BCUT2D eigenvalue weighted by atomic mass is 16.7. The van der Waals surface area contributed by atoms with Gasteiger partial charge >= 0.3 is 11.9 Å². The summed E-state index contributed by atoms with van der Waals surface area (Å²) in [5, 5.41) is 0. The Kier molecular flexibility index (Phi) is 6.83. The summed E-state index contributed by atoms with van der Waals surface area (Å²) >= 11 is 0. The van der Waals surface area contributed by atoms with E-state index in [0.717, 1.165) is 42.4 Å². The molecule has 4 fully saturated rings. The zero-order chi connectivity index (χ0) is 19.6. The fraction of sp³-hybridized carbons (Fsp3) is 0.909. The molecule has 154 valence electrons. The van der Waals surface area contributed by atoms with Crippen LogP contribution in [0.5, 0.6) is 0 Å². The molecule has 0 heterocycles. The second kappa shape index (κ2) is 8.93. The topological polar surface area (TPSA) is 61.8 Å². The number of carbonyl (C=O) groups excluding carboxylic acids is 2. The summed E-state index contributed by atoms with van der Waals surface area (Å²) in [6, 6.07) is 0. The lowest BCUT2D eigenvalue weighted by molar-refractivity contribution is -0.164. The second-order valence-corrected chi connectivity index (χ2v) is 8.90. The van der Waals surface area contributed by atoms with Gasteiger partial charge in [-0.15, -0.1) is 0 Å². The van der Waals surface area contributed by atoms with E-state index in [1.165, 1.54) is 32.8 Å². The van der Waals surface area contributed by atoms with Crippen molar-refractivity contribution in [3.05, 3.63) is 0 Å². The van der Waals surface area contributed by atoms with Crippen LogP contribution >= 0.6 is 0 Å². The summed E-state index contributed by atoms with van der Waals surface area (Å²) in [5.41, 5.74) is 0. The molecule has 0 saturated heterocycles. The zero-order valence-corrected chi connectivity index (χ0v) is 17.3. The first kappa shape index (κ1) is 20.6. The second-order valence-electron chi connectivity index (χ2n) is 8.90. The van der Waals surface area contributed by atoms with Crippen molar-refractivity contribution in [2.75, 3.05) is 20.5 Å². The SMILES string of the molecule is CCC(C)C(=O)OC.CCOCOC(=O)C1CC2CC1C1C3CCC(C3)C21. The Morgan fingerprint density at radius 3 is 2.30 bits per heavy atom. The highest BCUT2D eigenvalue weighted by molar-refractivity contribution is 5.73. The van der Waals surface area contributed by atoms with Gasteiger partial charge in [0.15, 0.2) is 6.79 Å². The average Bonchev–Trinajstić information content (AvgIpc) is 3.46. The van der Waals surface area contributed by atoms with E-state index in [4.69, 9.17) is 9.47 Å². The van der Waals surface area contributed by atoms with Crippen LogP contribution in [0.1, 0.15) is 59.3 Å². The third-order valence-electron chi connectivity index (χ3n) is 7.74. The summed E-state index contributed by atoms with van der Waals surface area (Å²) in [5.74, 6) is 5.38. The van der Waals surface area contributed by atoms with E-state index < -0.39 is 0 Å². The molecule has 0 aromatic carbocycles. The van der Waals surface area contributed by atoms with Crippen LogP contribution in [0.25, 0.3) is 0 Å². The molecule has 4 aliphatic rings. The van der Waals surface area contributed by atoms with E-state index in [-0.39, 0.29) is 30.6 Å². The molecule has 4 bridgehead atoms. The van der Waals surface area contributed by atoms with Gasteiger partial charge in [-0.3, -0.25) is 9.59 Å². The number of esters is 2. The van der Waals surface area contributed by atoms with Gasteiger partial charge in [-0.2, -0.15) is 0 Å². The van der Waals surface area contributed by atoms with Crippen LogP contribution in [0.3, 0.4) is 0 Å². The van der Waals surface area contributed by atoms with E-state index in [1.807, 2.05) is 20.8 Å². The summed E-state index contributed by atoms with van der Waals surface area (Å²) in [7, 11) is 1.41. The number of ether oxygens (including phenoxy) is 3. The Balaban J connectivity index is 0.000000226. The molecule has 0 amide bonds. The van der Waals surface area contributed by atoms with Gasteiger partial charge in [-0.1, -0.05) is 13.8 Å². The van der Waals surface area contributed by atoms with Crippen molar-refractivity contribution in [3.8, 4) is 0 Å². The zero-order valence-electron chi connectivity index (χ0n) is 17.3. The molecular formula is C22H36O5. The number of hydrogen-bond donors (Lipinski definition) is 0. The Bertz CT molecular complexity index is 533. The van der Waals surface area contributed by atoms with Crippen molar-refractivity contribution >= 4 is 11.9 Å². The molecule has 8 unspecified atom stereocenters. The maximum absolute atomic E-state index is 12.2. The van der Waals surface area contributed by atoms with Crippen molar-refractivity contribution in [1.82, 2.24) is 0 Å². The molecule has 4 saturated carbocycles. The fourth-order valence-corrected chi connectivity index (χ4v) is 6.49. The Morgan fingerprint density at radius 2 is 1.70 bits per heavy atom. The molecular weight excluding hydrogens is 344 g/mol. The maximum atomic E-state index is 12.2. The standard InChI is InChI=1S/C16H24O3.C6H12O2/c1-2-18-8-19-16(17)13-7-11-6-12(13)15-10-4-3-9(5-10)14(11)15;1-4-5(2)6(7)8-3/h9-15H,2-8H2,1H3;5H,4H2,1-3H3. The van der Waals surface area contributed by atoms with Crippen LogP contribution in [0.15, 0.2) is 0 Å². The van der Waals surface area contributed by atoms with Gasteiger partial charge in [-0.25, -0.2) is 0 Å². The van der Waals surface area contributed by atoms with Crippen molar-refractivity contribution in [2.24, 2.45) is 47.3 Å². The highest BCUT2D eigenvalue weighted by Crippen LogP contribution is 2.68. The first-order valence-electron chi connectivity index (χ1n) is 10.8. The summed E-state index contributed by atoms with van der Waals surface area (Å²) in [4.78, 5) is 22.7. The van der Waals surface area contributed by atoms with Gasteiger partial charge < -0.3 is 14.2 Å². The maximum Gasteiger partial charge on any atom is 0.311 e. The Morgan fingerprint density at radius 1 is 1.00 bits per heavy atom. The molecule has 5 heteroatoms. The number of carbonyl (C=O) groups is 2. The molecule has 5 nitrogen and oxygen atoms in total. The lowest BCUT2D eigenvalue weighted by Gasteiger charge is -2.37. The average molecular weight is 381 g/mol. The molecule has 8 atom stereocenters. The molecule has 4 aliphatic carbocycles. The largest absolute Gasteiger partial charge is 0.469 e. The minimum Gasteiger partial charge on any atom is -0.469 e. The van der Waals surface area contributed by atoms with Crippen LogP contribution in [0.2, 0.25) is 0 Å². The number of methoxy groups -OCH3 is 1. The monoisotopic (exact) mass is 380 g/mol. The normalized spacial score (nSPS) is 38.7. The molecule has 0 aromatic heterocycles. The van der Waals surface area contributed by atoms with Gasteiger partial charge in [0, 0.05) is 6.61 Å². The number of rotatable bonds is 6. The van der Waals surface area contributed by atoms with Gasteiger partial charge in [0.2, 0.25) is 0 Å². The summed E-state index contributed by atoms with van der Waals surface area (Å²) in [6.07, 6.45) is 7.61. The van der Waals surface area contributed by atoms with Crippen LogP contribution < -0.4 is 0 Å². The predicted molar refractivity (Wildman–Crippen MR) is 102 cm³/mol. The van der Waals surface area contributed by atoms with E-state index in [2.05, 4.69) is 4.74 Å². The van der Waals surface area contributed by atoms with E-state index in [9.17, 15) is 9.59 Å². The highest BCUT2D eigenvalue weighted by Gasteiger charge is 2.63. The van der Waals surface area contributed by atoms with Crippen molar-refractivity contribution in [1.29, 1.82) is 0 Å². The van der Waals surface area contributed by atoms with Crippen molar-refractivity contribution in [2.45, 2.75) is 59.3 Å². The van der Waals surface area contributed by atoms with E-state index in [0.29, 0.717) is 12.5 Å². The van der Waals surface area contributed by atoms with Crippen molar-refractivity contribution in [3.63, 3.8) is 0 Å². The third-order valence-corrected chi connectivity index (χ3v) is 7.74.